The van der Waals surface area contributed by atoms with E-state index in [4.69, 9.17) is 5.14 Å². The largest absolute Gasteiger partial charge is 0.238 e. The Bertz CT molecular complexity index is 1230. The molecule has 0 bridgehead atoms. The highest BCUT2D eigenvalue weighted by Crippen LogP contribution is 2.42. The summed E-state index contributed by atoms with van der Waals surface area (Å²) < 4.78 is 82.0. The van der Waals surface area contributed by atoms with E-state index in [0.717, 1.165) is 28.8 Å². The highest BCUT2D eigenvalue weighted by molar-refractivity contribution is 7.89. The van der Waals surface area contributed by atoms with Crippen molar-refractivity contribution in [3.8, 4) is 22.3 Å². The monoisotopic (exact) mass is 423 g/mol. The summed E-state index contributed by atoms with van der Waals surface area (Å²) in [4.78, 5) is -0.536. The number of rotatable bonds is 3. The van der Waals surface area contributed by atoms with Crippen LogP contribution in [0.1, 0.15) is 16.7 Å². The van der Waals surface area contributed by atoms with Gasteiger partial charge in [-0.2, -0.15) is 0 Å². The second-order valence-electron chi connectivity index (χ2n) is 6.78. The van der Waals surface area contributed by atoms with E-state index in [1.54, 1.807) is 13.8 Å². The minimum absolute atomic E-state index is 0.0834. The summed E-state index contributed by atoms with van der Waals surface area (Å²) in [6.07, 6.45) is 0. The number of primary sulfonamides is 1. The molecule has 0 heterocycles. The molecule has 29 heavy (non-hydrogen) atoms. The lowest BCUT2D eigenvalue weighted by Gasteiger charge is -2.18. The molecule has 0 aromatic heterocycles. The molecule has 0 aliphatic heterocycles. The molecule has 152 valence electrons. The first-order chi connectivity index (χ1) is 13.4. The van der Waals surface area contributed by atoms with Crippen LogP contribution < -0.4 is 5.14 Å². The normalized spacial score (nSPS) is 11.7. The summed E-state index contributed by atoms with van der Waals surface area (Å²) in [5.74, 6) is -7.34. The van der Waals surface area contributed by atoms with Crippen molar-refractivity contribution in [3.63, 3.8) is 0 Å². The third kappa shape index (κ3) is 3.54. The number of sulfonamides is 1. The number of hydrogen-bond acceptors (Lipinski definition) is 2. The summed E-state index contributed by atoms with van der Waals surface area (Å²) in [6.45, 7) is 5.30. The lowest BCUT2D eigenvalue weighted by molar-refractivity contribution is 0.412. The smallest absolute Gasteiger partial charge is 0.225 e. The van der Waals surface area contributed by atoms with Gasteiger partial charge < -0.3 is 0 Å². The number of benzene rings is 3. The molecule has 0 aliphatic carbocycles. The van der Waals surface area contributed by atoms with E-state index in [9.17, 15) is 26.0 Å². The molecule has 0 spiro atoms. The standard InChI is InChI=1S/C21H17F4NO2S/c1-10-8-13(9-11(2)12(10)3)16-17(19(23)21(25)20(24)18(16)22)14-6-4-5-7-15(14)29(26,27)28/h4-9H,1-3H3,(H2,26,27,28). The van der Waals surface area contributed by atoms with Gasteiger partial charge in [0.05, 0.1) is 4.90 Å². The SMILES string of the molecule is Cc1cc(-c2c(F)c(F)c(F)c(F)c2-c2ccccc2S(N)(=O)=O)cc(C)c1C. The van der Waals surface area contributed by atoms with Crippen molar-refractivity contribution in [2.75, 3.05) is 0 Å². The van der Waals surface area contributed by atoms with Gasteiger partial charge in [-0.05, 0) is 49.1 Å². The number of halogens is 4. The summed E-state index contributed by atoms with van der Waals surface area (Å²) >= 11 is 0. The molecule has 3 aromatic carbocycles. The molecule has 0 unspecified atom stereocenters. The van der Waals surface area contributed by atoms with Gasteiger partial charge >= 0.3 is 0 Å². The zero-order valence-corrected chi connectivity index (χ0v) is 16.6. The molecule has 0 amide bonds. The van der Waals surface area contributed by atoms with Crippen LogP contribution in [-0.2, 0) is 10.0 Å². The van der Waals surface area contributed by atoms with Crippen molar-refractivity contribution in [2.45, 2.75) is 25.7 Å². The first kappa shape index (κ1) is 21.0. The van der Waals surface area contributed by atoms with Crippen LogP contribution in [-0.4, -0.2) is 8.42 Å². The third-order valence-electron chi connectivity index (χ3n) is 4.95. The summed E-state index contributed by atoms with van der Waals surface area (Å²) in [5.41, 5.74) is 0.753. The van der Waals surface area contributed by atoms with Crippen molar-refractivity contribution >= 4 is 10.0 Å². The van der Waals surface area contributed by atoms with Crippen LogP contribution in [0.2, 0.25) is 0 Å². The van der Waals surface area contributed by atoms with Crippen LogP contribution in [0.4, 0.5) is 17.6 Å². The van der Waals surface area contributed by atoms with E-state index in [-0.39, 0.29) is 11.1 Å². The topological polar surface area (TPSA) is 60.2 Å². The first-order valence-electron chi connectivity index (χ1n) is 8.51. The van der Waals surface area contributed by atoms with E-state index in [1.165, 1.54) is 24.3 Å². The van der Waals surface area contributed by atoms with Crippen molar-refractivity contribution in [1.82, 2.24) is 0 Å². The predicted octanol–water partition coefficient (Wildman–Crippen LogP) is 5.15. The van der Waals surface area contributed by atoms with Crippen LogP contribution in [0.3, 0.4) is 0 Å². The maximum Gasteiger partial charge on any atom is 0.238 e. The minimum atomic E-state index is -4.36. The van der Waals surface area contributed by atoms with Gasteiger partial charge in [0.15, 0.2) is 23.3 Å². The summed E-state index contributed by atoms with van der Waals surface area (Å²) in [7, 11) is -4.36. The molecule has 3 rings (SSSR count). The quantitative estimate of drug-likeness (QED) is 0.360. The summed E-state index contributed by atoms with van der Waals surface area (Å²) in [6, 6.07) is 7.93. The maximum absolute atomic E-state index is 14.9. The lowest BCUT2D eigenvalue weighted by atomic mass is 9.90. The van der Waals surface area contributed by atoms with Gasteiger partial charge in [0.25, 0.3) is 0 Å². The van der Waals surface area contributed by atoms with Gasteiger partial charge in [0.1, 0.15) is 0 Å². The van der Waals surface area contributed by atoms with Crippen LogP contribution in [0.5, 0.6) is 0 Å². The van der Waals surface area contributed by atoms with Crippen molar-refractivity contribution in [1.29, 1.82) is 0 Å². The van der Waals surface area contributed by atoms with Crippen LogP contribution in [0.15, 0.2) is 41.3 Å². The first-order valence-corrected chi connectivity index (χ1v) is 10.1. The van der Waals surface area contributed by atoms with Gasteiger partial charge in [-0.15, -0.1) is 0 Å². The molecule has 3 nitrogen and oxygen atoms in total. The van der Waals surface area contributed by atoms with E-state index in [2.05, 4.69) is 0 Å². The van der Waals surface area contributed by atoms with Gasteiger partial charge in [0.2, 0.25) is 10.0 Å². The molecule has 0 saturated carbocycles. The summed E-state index contributed by atoms with van der Waals surface area (Å²) in [5, 5.41) is 5.20. The molecule has 0 fully saturated rings. The zero-order chi connectivity index (χ0) is 21.7. The molecular formula is C21H17F4NO2S. The van der Waals surface area contributed by atoms with Crippen LogP contribution >= 0.6 is 0 Å². The molecule has 3 aromatic rings. The second-order valence-corrected chi connectivity index (χ2v) is 8.31. The Morgan fingerprint density at radius 2 is 1.24 bits per heavy atom. The molecular weight excluding hydrogens is 406 g/mol. The van der Waals surface area contributed by atoms with Crippen molar-refractivity contribution in [2.24, 2.45) is 5.14 Å². The second kappa shape index (κ2) is 7.27. The van der Waals surface area contributed by atoms with Crippen molar-refractivity contribution in [3.05, 3.63) is 76.4 Å². The molecule has 2 N–H and O–H groups in total. The molecule has 0 atom stereocenters. The highest BCUT2D eigenvalue weighted by Gasteiger charge is 2.30. The Morgan fingerprint density at radius 1 is 0.759 bits per heavy atom. The third-order valence-corrected chi connectivity index (χ3v) is 5.91. The number of nitrogens with two attached hydrogens (primary N) is 1. The lowest BCUT2D eigenvalue weighted by Crippen LogP contribution is -2.14. The fraction of sp³-hybridized carbons (Fsp3) is 0.143. The average Bonchev–Trinajstić information content (AvgIpc) is 2.66. The fourth-order valence-electron chi connectivity index (χ4n) is 3.26. The van der Waals surface area contributed by atoms with Gasteiger partial charge in [0, 0.05) is 16.7 Å². The zero-order valence-electron chi connectivity index (χ0n) is 15.8. The number of aryl methyl sites for hydroxylation is 2. The van der Waals surface area contributed by atoms with Gasteiger partial charge in [-0.3, -0.25) is 0 Å². The molecule has 0 radical (unpaired) electrons. The van der Waals surface area contributed by atoms with Crippen LogP contribution in [0, 0.1) is 44.0 Å². The Hall–Kier alpha value is -2.71. The minimum Gasteiger partial charge on any atom is -0.225 e. The van der Waals surface area contributed by atoms with E-state index < -0.39 is 49.3 Å². The van der Waals surface area contributed by atoms with Crippen molar-refractivity contribution < 1.29 is 26.0 Å². The van der Waals surface area contributed by atoms with Gasteiger partial charge in [-0.1, -0.05) is 30.3 Å². The Morgan fingerprint density at radius 3 is 1.76 bits per heavy atom. The highest BCUT2D eigenvalue weighted by atomic mass is 32.2. The van der Waals surface area contributed by atoms with E-state index >= 15 is 0 Å². The van der Waals surface area contributed by atoms with Gasteiger partial charge in [-0.25, -0.2) is 31.1 Å². The Labute approximate surface area is 165 Å². The Kier molecular flexibility index (Phi) is 5.27. The molecule has 8 heteroatoms. The van der Waals surface area contributed by atoms with E-state index in [0.29, 0.717) is 0 Å². The fourth-order valence-corrected chi connectivity index (χ4v) is 4.00. The van der Waals surface area contributed by atoms with Crippen LogP contribution in [0.25, 0.3) is 22.3 Å². The molecule has 0 saturated heterocycles. The van der Waals surface area contributed by atoms with E-state index in [1.807, 2.05) is 6.92 Å². The Balaban J connectivity index is 2.54. The number of hydrogen-bond donors (Lipinski definition) is 1. The average molecular weight is 423 g/mol. The predicted molar refractivity (Wildman–Crippen MR) is 103 cm³/mol. The maximum atomic E-state index is 14.9. The molecule has 0 aliphatic rings.